The fourth-order valence-corrected chi connectivity index (χ4v) is 0.469. The van der Waals surface area contributed by atoms with Crippen molar-refractivity contribution in [1.82, 2.24) is 10.6 Å². The van der Waals surface area contributed by atoms with E-state index in [9.17, 15) is 0 Å². The van der Waals surface area contributed by atoms with Gasteiger partial charge in [-0.15, -0.1) is 0 Å². The maximum Gasteiger partial charge on any atom is 0.0656 e. The Morgan fingerprint density at radius 2 is 2.71 bits per heavy atom. The van der Waals surface area contributed by atoms with Crippen molar-refractivity contribution in [1.29, 1.82) is 0 Å². The molecule has 1 heterocycles. The summed E-state index contributed by atoms with van der Waals surface area (Å²) in [4.78, 5) is 4.75. The summed E-state index contributed by atoms with van der Waals surface area (Å²) in [6.07, 6.45) is 3.81. The second kappa shape index (κ2) is 1.95. The van der Waals surface area contributed by atoms with Crippen LogP contribution in [0.15, 0.2) is 12.3 Å². The second-order valence-electron chi connectivity index (χ2n) is 1.26. The fraction of sp³-hybridized carbons (Fsp3) is 0.500. The molecule has 1 rings (SSSR count). The van der Waals surface area contributed by atoms with E-state index >= 15 is 0 Å². The first-order valence-corrected chi connectivity index (χ1v) is 2.17. The van der Waals surface area contributed by atoms with Crippen LogP contribution in [0.4, 0.5) is 0 Å². The van der Waals surface area contributed by atoms with Crippen molar-refractivity contribution >= 4 is 0 Å². The van der Waals surface area contributed by atoms with Gasteiger partial charge in [0.25, 0.3) is 0 Å². The first-order valence-electron chi connectivity index (χ1n) is 2.17. The number of hydrogen-bond donors (Lipinski definition) is 1. The first-order chi connectivity index (χ1) is 3.43. The van der Waals surface area contributed by atoms with E-state index in [1.54, 1.807) is 12.3 Å². The lowest BCUT2D eigenvalue weighted by molar-refractivity contribution is -0.118. The summed E-state index contributed by atoms with van der Waals surface area (Å²) in [6.45, 7) is 0.869. The van der Waals surface area contributed by atoms with E-state index in [0.29, 0.717) is 0 Å². The molecule has 0 unspecified atom stereocenters. The molecule has 0 aromatic rings. The largest absolute Gasteiger partial charge is 0.262 e. The normalized spacial score (nSPS) is 18.7. The number of nitrogens with zero attached hydrogens (tertiary/aromatic N) is 1. The van der Waals surface area contributed by atoms with E-state index in [4.69, 9.17) is 4.84 Å². The van der Waals surface area contributed by atoms with Crippen molar-refractivity contribution in [3.63, 3.8) is 0 Å². The Balaban J connectivity index is 2.28. The molecule has 0 atom stereocenters. The van der Waals surface area contributed by atoms with Gasteiger partial charge in [-0.1, -0.05) is 0 Å². The van der Waals surface area contributed by atoms with Crippen molar-refractivity contribution in [2.24, 2.45) is 0 Å². The third-order valence-electron chi connectivity index (χ3n) is 0.802. The van der Waals surface area contributed by atoms with Gasteiger partial charge in [-0.25, -0.2) is 5.43 Å². The Morgan fingerprint density at radius 1 is 1.86 bits per heavy atom. The Kier molecular flexibility index (Phi) is 1.29. The van der Waals surface area contributed by atoms with Crippen molar-refractivity contribution in [2.45, 2.75) is 0 Å². The van der Waals surface area contributed by atoms with Gasteiger partial charge in [0.1, 0.15) is 0 Å². The number of rotatable bonds is 1. The van der Waals surface area contributed by atoms with Gasteiger partial charge < -0.3 is 0 Å². The predicted octanol–water partition coefficient (Wildman–Crippen LogP) is -0.118. The molecule has 7 heavy (non-hydrogen) atoms. The topological polar surface area (TPSA) is 24.5 Å². The van der Waals surface area contributed by atoms with Crippen LogP contribution in [0.1, 0.15) is 0 Å². The molecule has 0 spiro atoms. The molecule has 1 aliphatic heterocycles. The van der Waals surface area contributed by atoms with Gasteiger partial charge in [0.15, 0.2) is 0 Å². The van der Waals surface area contributed by atoms with Crippen LogP contribution >= 0.6 is 0 Å². The Hall–Kier alpha value is -0.540. The minimum absolute atomic E-state index is 0.869. The standard InChI is InChI=1S/C4H8N2O/c1-7-6-4-2-3-5-6/h2,4-5H,3H2,1H3. The minimum Gasteiger partial charge on any atom is -0.262 e. The minimum atomic E-state index is 0.869. The van der Waals surface area contributed by atoms with Gasteiger partial charge in [0.05, 0.1) is 7.11 Å². The van der Waals surface area contributed by atoms with Crippen molar-refractivity contribution in [3.05, 3.63) is 12.3 Å². The predicted molar refractivity (Wildman–Crippen MR) is 26.0 cm³/mol. The highest BCUT2D eigenvalue weighted by Crippen LogP contribution is 1.89. The highest BCUT2D eigenvalue weighted by molar-refractivity contribution is 4.85. The van der Waals surface area contributed by atoms with E-state index in [1.165, 1.54) is 0 Å². The second-order valence-corrected chi connectivity index (χ2v) is 1.26. The molecular weight excluding hydrogens is 92.1 g/mol. The highest BCUT2D eigenvalue weighted by atomic mass is 16.7. The zero-order valence-corrected chi connectivity index (χ0v) is 4.22. The zero-order chi connectivity index (χ0) is 5.11. The van der Waals surface area contributed by atoms with Gasteiger partial charge in [0, 0.05) is 12.7 Å². The third-order valence-corrected chi connectivity index (χ3v) is 0.802. The zero-order valence-electron chi connectivity index (χ0n) is 4.22. The molecule has 0 saturated carbocycles. The van der Waals surface area contributed by atoms with E-state index in [-0.39, 0.29) is 0 Å². The van der Waals surface area contributed by atoms with Crippen LogP contribution in [0.3, 0.4) is 0 Å². The van der Waals surface area contributed by atoms with E-state index in [0.717, 1.165) is 6.54 Å². The molecule has 40 valence electrons. The quantitative estimate of drug-likeness (QED) is 0.497. The van der Waals surface area contributed by atoms with Gasteiger partial charge in [-0.2, -0.15) is 5.17 Å². The summed E-state index contributed by atoms with van der Waals surface area (Å²) in [7, 11) is 1.61. The van der Waals surface area contributed by atoms with Crippen LogP contribution in [0.5, 0.6) is 0 Å². The third kappa shape index (κ3) is 0.913. The van der Waals surface area contributed by atoms with Crippen molar-refractivity contribution < 1.29 is 4.84 Å². The molecule has 3 nitrogen and oxygen atoms in total. The van der Waals surface area contributed by atoms with Crippen LogP contribution in [0.25, 0.3) is 0 Å². The van der Waals surface area contributed by atoms with E-state index in [2.05, 4.69) is 5.43 Å². The summed E-state index contributed by atoms with van der Waals surface area (Å²) in [5.74, 6) is 0. The average Bonchev–Trinajstić information content (AvgIpc) is 2.14. The summed E-state index contributed by atoms with van der Waals surface area (Å²) in [6, 6.07) is 0. The molecule has 0 aliphatic carbocycles. The lowest BCUT2D eigenvalue weighted by Crippen LogP contribution is -2.27. The molecule has 1 aliphatic rings. The molecule has 0 amide bonds. The molecule has 0 aromatic carbocycles. The number of hydrazine groups is 1. The molecule has 1 N–H and O–H groups in total. The Morgan fingerprint density at radius 3 is 3.00 bits per heavy atom. The Labute approximate surface area is 42.5 Å². The van der Waals surface area contributed by atoms with Crippen LogP contribution < -0.4 is 5.43 Å². The summed E-state index contributed by atoms with van der Waals surface area (Å²) in [5, 5.41) is 1.56. The maximum atomic E-state index is 4.75. The molecular formula is C4H8N2O. The van der Waals surface area contributed by atoms with Crippen molar-refractivity contribution in [3.8, 4) is 0 Å². The first kappa shape index (κ1) is 4.61. The molecule has 0 fully saturated rings. The molecule has 0 bridgehead atoms. The van der Waals surface area contributed by atoms with Gasteiger partial charge in [0.2, 0.25) is 0 Å². The van der Waals surface area contributed by atoms with Crippen LogP contribution in [0.2, 0.25) is 0 Å². The van der Waals surface area contributed by atoms with E-state index < -0.39 is 0 Å². The smallest absolute Gasteiger partial charge is 0.0656 e. The lowest BCUT2D eigenvalue weighted by Gasteiger charge is -2.09. The van der Waals surface area contributed by atoms with Crippen LogP contribution in [-0.4, -0.2) is 18.8 Å². The summed E-state index contributed by atoms with van der Waals surface area (Å²) >= 11 is 0. The van der Waals surface area contributed by atoms with Crippen molar-refractivity contribution in [2.75, 3.05) is 13.7 Å². The monoisotopic (exact) mass is 100 g/mol. The average molecular weight is 100 g/mol. The fourth-order valence-electron chi connectivity index (χ4n) is 0.469. The SMILES string of the molecule is CON1C=CCN1. The summed E-state index contributed by atoms with van der Waals surface area (Å²) in [5.41, 5.74) is 2.91. The number of hydrogen-bond acceptors (Lipinski definition) is 3. The van der Waals surface area contributed by atoms with Gasteiger partial charge >= 0.3 is 0 Å². The Bertz CT molecular complexity index is 81.8. The molecule has 0 aromatic heterocycles. The number of hydroxylamine groups is 1. The van der Waals surface area contributed by atoms with Crippen LogP contribution in [0, 0.1) is 0 Å². The lowest BCUT2D eigenvalue weighted by atomic mass is 10.7. The maximum absolute atomic E-state index is 4.75. The van der Waals surface area contributed by atoms with Gasteiger partial charge in [-0.05, 0) is 6.08 Å². The number of nitrogens with one attached hydrogen (secondary N) is 1. The summed E-state index contributed by atoms with van der Waals surface area (Å²) < 4.78 is 0. The molecule has 0 radical (unpaired) electrons. The highest BCUT2D eigenvalue weighted by Gasteiger charge is 1.97. The van der Waals surface area contributed by atoms with Crippen LogP contribution in [-0.2, 0) is 4.84 Å². The molecule has 0 saturated heterocycles. The van der Waals surface area contributed by atoms with E-state index in [1.807, 2.05) is 12.3 Å². The molecule has 3 heteroatoms. The van der Waals surface area contributed by atoms with Gasteiger partial charge in [-0.3, -0.25) is 4.84 Å².